The Morgan fingerprint density at radius 1 is 1.47 bits per heavy atom. The van der Waals surface area contributed by atoms with Crippen molar-refractivity contribution in [1.29, 1.82) is 0 Å². The maximum atomic E-state index is 10.9. The molecule has 0 amide bonds. The van der Waals surface area contributed by atoms with E-state index in [1.807, 2.05) is 10.9 Å². The molecule has 0 aliphatic heterocycles. The first kappa shape index (κ1) is 11.8. The predicted octanol–water partition coefficient (Wildman–Crippen LogP) is 1.97. The summed E-state index contributed by atoms with van der Waals surface area (Å²) in [6, 6.07) is 0.469. The van der Waals surface area contributed by atoms with Crippen LogP contribution in [0, 0.1) is 0 Å². The summed E-state index contributed by atoms with van der Waals surface area (Å²) in [7, 11) is 1.35. The highest BCUT2D eigenvalue weighted by Gasteiger charge is 2.16. The van der Waals surface area contributed by atoms with Crippen molar-refractivity contribution in [3.05, 3.63) is 18.0 Å². The highest BCUT2D eigenvalue weighted by atomic mass is 16.5. The van der Waals surface area contributed by atoms with Gasteiger partial charge in [0.15, 0.2) is 0 Å². The molecular formula is C12H17N3O2. The van der Waals surface area contributed by atoms with Crippen LogP contribution in [-0.2, 0) is 9.53 Å². The fourth-order valence-electron chi connectivity index (χ4n) is 2.11. The van der Waals surface area contributed by atoms with Gasteiger partial charge >= 0.3 is 5.97 Å². The van der Waals surface area contributed by atoms with E-state index in [0.29, 0.717) is 11.7 Å². The molecule has 0 saturated heterocycles. The SMILES string of the molecule is COC(=O)/C=C/c1cn(C2CCCCC2)nn1. The van der Waals surface area contributed by atoms with Crippen molar-refractivity contribution in [3.63, 3.8) is 0 Å². The van der Waals surface area contributed by atoms with Crippen molar-refractivity contribution < 1.29 is 9.53 Å². The standard InChI is InChI=1S/C12H17N3O2/c1-17-12(16)8-7-10-9-15(14-13-10)11-5-3-2-4-6-11/h7-9,11H,2-6H2,1H3/b8-7+. The molecule has 1 aliphatic rings. The minimum Gasteiger partial charge on any atom is -0.466 e. The van der Waals surface area contributed by atoms with E-state index in [4.69, 9.17) is 0 Å². The predicted molar refractivity (Wildman–Crippen MR) is 63.2 cm³/mol. The number of aromatic nitrogens is 3. The molecule has 0 radical (unpaired) electrons. The Balaban J connectivity index is 2.00. The zero-order valence-corrected chi connectivity index (χ0v) is 10.0. The van der Waals surface area contributed by atoms with Crippen LogP contribution < -0.4 is 0 Å². The second kappa shape index (κ2) is 5.61. The number of rotatable bonds is 3. The molecule has 1 aromatic heterocycles. The van der Waals surface area contributed by atoms with Crippen molar-refractivity contribution in [2.45, 2.75) is 38.1 Å². The minimum atomic E-state index is -0.378. The molecule has 2 rings (SSSR count). The Bertz CT molecular complexity index is 406. The van der Waals surface area contributed by atoms with Gasteiger partial charge < -0.3 is 4.74 Å². The molecule has 0 N–H and O–H groups in total. The lowest BCUT2D eigenvalue weighted by molar-refractivity contribution is -0.134. The fraction of sp³-hybridized carbons (Fsp3) is 0.583. The van der Waals surface area contributed by atoms with Crippen molar-refractivity contribution in [2.75, 3.05) is 7.11 Å². The van der Waals surface area contributed by atoms with E-state index >= 15 is 0 Å². The second-order valence-corrected chi connectivity index (χ2v) is 4.27. The average Bonchev–Trinajstić information content (AvgIpc) is 2.86. The zero-order valence-electron chi connectivity index (χ0n) is 10.0. The molecule has 5 nitrogen and oxygen atoms in total. The quantitative estimate of drug-likeness (QED) is 0.593. The molecule has 0 atom stereocenters. The van der Waals surface area contributed by atoms with E-state index in [1.165, 1.54) is 45.3 Å². The van der Waals surface area contributed by atoms with E-state index in [1.54, 1.807) is 6.08 Å². The maximum absolute atomic E-state index is 10.9. The van der Waals surface area contributed by atoms with Crippen LogP contribution in [0.2, 0.25) is 0 Å². The third-order valence-electron chi connectivity index (χ3n) is 3.07. The Labute approximate surface area is 100 Å². The van der Waals surface area contributed by atoms with Gasteiger partial charge in [-0.25, -0.2) is 9.48 Å². The normalized spacial score (nSPS) is 17.5. The van der Waals surface area contributed by atoms with Gasteiger partial charge in [-0.15, -0.1) is 5.10 Å². The van der Waals surface area contributed by atoms with Crippen molar-refractivity contribution >= 4 is 12.0 Å². The Morgan fingerprint density at radius 3 is 2.94 bits per heavy atom. The first-order valence-electron chi connectivity index (χ1n) is 5.97. The number of esters is 1. The van der Waals surface area contributed by atoms with E-state index in [2.05, 4.69) is 15.0 Å². The lowest BCUT2D eigenvalue weighted by Gasteiger charge is -2.20. The maximum Gasteiger partial charge on any atom is 0.330 e. The molecule has 1 aromatic rings. The van der Waals surface area contributed by atoms with E-state index in [0.717, 1.165) is 0 Å². The summed E-state index contributed by atoms with van der Waals surface area (Å²) in [4.78, 5) is 10.9. The minimum absolute atomic E-state index is 0.378. The zero-order chi connectivity index (χ0) is 12.1. The molecule has 92 valence electrons. The number of carbonyl (C=O) groups is 1. The van der Waals surface area contributed by atoms with Gasteiger partial charge in [-0.2, -0.15) is 0 Å². The van der Waals surface area contributed by atoms with Gasteiger partial charge in [-0.1, -0.05) is 24.5 Å². The molecule has 0 bridgehead atoms. The number of ether oxygens (including phenoxy) is 1. The molecule has 17 heavy (non-hydrogen) atoms. The van der Waals surface area contributed by atoms with Gasteiger partial charge in [0.1, 0.15) is 5.69 Å². The number of nitrogens with zero attached hydrogens (tertiary/aromatic N) is 3. The summed E-state index contributed by atoms with van der Waals surface area (Å²) in [5, 5.41) is 8.12. The smallest absolute Gasteiger partial charge is 0.330 e. The van der Waals surface area contributed by atoms with Crippen LogP contribution in [0.4, 0.5) is 0 Å². The number of methoxy groups -OCH3 is 1. The topological polar surface area (TPSA) is 57.0 Å². The molecule has 0 spiro atoms. The molecule has 1 heterocycles. The molecule has 1 saturated carbocycles. The average molecular weight is 235 g/mol. The van der Waals surface area contributed by atoms with Crippen LogP contribution in [0.3, 0.4) is 0 Å². The lowest BCUT2D eigenvalue weighted by Crippen LogP contribution is -2.13. The van der Waals surface area contributed by atoms with Crippen LogP contribution in [0.25, 0.3) is 6.08 Å². The van der Waals surface area contributed by atoms with Gasteiger partial charge in [-0.3, -0.25) is 0 Å². The first-order chi connectivity index (χ1) is 8.29. The van der Waals surface area contributed by atoms with Crippen LogP contribution in [0.5, 0.6) is 0 Å². The molecule has 0 aromatic carbocycles. The summed E-state index contributed by atoms with van der Waals surface area (Å²) in [6.45, 7) is 0. The summed E-state index contributed by atoms with van der Waals surface area (Å²) in [6.07, 6.45) is 11.0. The highest BCUT2D eigenvalue weighted by molar-refractivity contribution is 5.86. The molecule has 1 aliphatic carbocycles. The fourth-order valence-corrected chi connectivity index (χ4v) is 2.11. The molecule has 5 heteroatoms. The van der Waals surface area contributed by atoms with Crippen LogP contribution in [0.15, 0.2) is 12.3 Å². The molecular weight excluding hydrogens is 218 g/mol. The Kier molecular flexibility index (Phi) is 3.90. The monoisotopic (exact) mass is 235 g/mol. The number of hydrogen-bond donors (Lipinski definition) is 0. The summed E-state index contributed by atoms with van der Waals surface area (Å²) in [5.41, 5.74) is 0.695. The number of carbonyl (C=O) groups excluding carboxylic acids is 1. The van der Waals surface area contributed by atoms with Gasteiger partial charge in [0.05, 0.1) is 19.3 Å². The van der Waals surface area contributed by atoms with Crippen LogP contribution in [-0.4, -0.2) is 28.1 Å². The Morgan fingerprint density at radius 2 is 2.24 bits per heavy atom. The summed E-state index contributed by atoms with van der Waals surface area (Å²) in [5.74, 6) is -0.378. The van der Waals surface area contributed by atoms with Gasteiger partial charge in [0.25, 0.3) is 0 Å². The van der Waals surface area contributed by atoms with Gasteiger partial charge in [-0.05, 0) is 18.9 Å². The van der Waals surface area contributed by atoms with Gasteiger partial charge in [0, 0.05) is 6.08 Å². The molecule has 0 unspecified atom stereocenters. The Hall–Kier alpha value is -1.65. The summed E-state index contributed by atoms with van der Waals surface area (Å²) >= 11 is 0. The van der Waals surface area contributed by atoms with Crippen LogP contribution >= 0.6 is 0 Å². The summed E-state index contributed by atoms with van der Waals surface area (Å²) < 4.78 is 6.43. The van der Waals surface area contributed by atoms with E-state index in [-0.39, 0.29) is 5.97 Å². The lowest BCUT2D eigenvalue weighted by atomic mass is 9.96. The third-order valence-corrected chi connectivity index (χ3v) is 3.07. The number of hydrogen-bond acceptors (Lipinski definition) is 4. The third kappa shape index (κ3) is 3.15. The second-order valence-electron chi connectivity index (χ2n) is 4.27. The van der Waals surface area contributed by atoms with Crippen LogP contribution in [0.1, 0.15) is 43.8 Å². The molecule has 1 fully saturated rings. The van der Waals surface area contributed by atoms with Gasteiger partial charge in [0.2, 0.25) is 0 Å². The van der Waals surface area contributed by atoms with E-state index in [9.17, 15) is 4.79 Å². The first-order valence-corrected chi connectivity index (χ1v) is 5.97. The van der Waals surface area contributed by atoms with Crippen molar-refractivity contribution in [1.82, 2.24) is 15.0 Å². The highest BCUT2D eigenvalue weighted by Crippen LogP contribution is 2.27. The van der Waals surface area contributed by atoms with Crippen molar-refractivity contribution in [3.8, 4) is 0 Å². The largest absolute Gasteiger partial charge is 0.466 e. The van der Waals surface area contributed by atoms with Crippen molar-refractivity contribution in [2.24, 2.45) is 0 Å². The van der Waals surface area contributed by atoms with E-state index < -0.39 is 0 Å².